The summed E-state index contributed by atoms with van der Waals surface area (Å²) in [5.41, 5.74) is 1.84. The summed E-state index contributed by atoms with van der Waals surface area (Å²) in [6, 6.07) is 7.41. The molecule has 1 aromatic carbocycles. The van der Waals surface area contributed by atoms with Crippen molar-refractivity contribution in [3.63, 3.8) is 0 Å². The van der Waals surface area contributed by atoms with Crippen LogP contribution in [-0.4, -0.2) is 40.4 Å². The molecule has 2 atom stereocenters. The number of carbonyl (C=O) groups is 2. The number of thioether (sulfide) groups is 1. The van der Waals surface area contributed by atoms with E-state index in [-0.39, 0.29) is 23.2 Å². The Bertz CT molecular complexity index is 670. The van der Waals surface area contributed by atoms with Gasteiger partial charge in [0.05, 0.1) is 5.37 Å². The molecular formula is C24H36N2O2S. The highest BCUT2D eigenvalue weighted by atomic mass is 32.2. The van der Waals surface area contributed by atoms with Gasteiger partial charge in [-0.2, -0.15) is 0 Å². The first kappa shape index (κ1) is 22.2. The Morgan fingerprint density at radius 3 is 2.48 bits per heavy atom. The van der Waals surface area contributed by atoms with Crippen molar-refractivity contribution in [3.05, 3.63) is 35.4 Å². The highest BCUT2D eigenvalue weighted by molar-refractivity contribution is 8.00. The van der Waals surface area contributed by atoms with Gasteiger partial charge in [-0.25, -0.2) is 0 Å². The Morgan fingerprint density at radius 1 is 1.07 bits per heavy atom. The Hall–Kier alpha value is -1.49. The molecule has 160 valence electrons. The molecule has 2 amide bonds. The van der Waals surface area contributed by atoms with E-state index in [0.717, 1.165) is 18.4 Å². The molecule has 1 aliphatic heterocycles. The molecule has 1 saturated carbocycles. The molecule has 0 aromatic heterocycles. The van der Waals surface area contributed by atoms with E-state index in [9.17, 15) is 9.59 Å². The summed E-state index contributed by atoms with van der Waals surface area (Å²) in [7, 11) is 0. The number of amides is 2. The number of carbonyl (C=O) groups excluding carboxylic acids is 2. The van der Waals surface area contributed by atoms with Crippen molar-refractivity contribution in [2.45, 2.75) is 83.1 Å². The quantitative estimate of drug-likeness (QED) is 0.596. The first-order chi connectivity index (χ1) is 14.1. The van der Waals surface area contributed by atoms with E-state index < -0.39 is 0 Å². The molecule has 3 rings (SSSR count). The lowest BCUT2D eigenvalue weighted by molar-refractivity contribution is -0.125. The van der Waals surface area contributed by atoms with Crippen LogP contribution in [0.2, 0.25) is 0 Å². The van der Waals surface area contributed by atoms with Crippen molar-refractivity contribution in [2.75, 3.05) is 12.3 Å². The zero-order valence-electron chi connectivity index (χ0n) is 18.0. The summed E-state index contributed by atoms with van der Waals surface area (Å²) in [6.45, 7) is 4.93. The number of hydrogen-bond donors (Lipinski definition) is 1. The van der Waals surface area contributed by atoms with Gasteiger partial charge < -0.3 is 10.2 Å². The normalized spacial score (nSPS) is 22.6. The number of unbranched alkanes of at least 4 members (excludes halogenated alkanes) is 3. The van der Waals surface area contributed by atoms with Crippen LogP contribution < -0.4 is 5.32 Å². The van der Waals surface area contributed by atoms with E-state index in [4.69, 9.17) is 0 Å². The summed E-state index contributed by atoms with van der Waals surface area (Å²) in [6.07, 6.45) is 10.7. The second-order valence-corrected chi connectivity index (χ2v) is 9.72. The van der Waals surface area contributed by atoms with Gasteiger partial charge in [-0.15, -0.1) is 11.8 Å². The molecular weight excluding hydrogens is 380 g/mol. The summed E-state index contributed by atoms with van der Waals surface area (Å²) < 4.78 is 0. The van der Waals surface area contributed by atoms with E-state index in [1.165, 1.54) is 44.9 Å². The predicted octanol–water partition coefficient (Wildman–Crippen LogP) is 5.16. The maximum atomic E-state index is 13.5. The second-order valence-electron chi connectivity index (χ2n) is 8.57. The SMILES string of the molecule is CCCCCCNC(=O)C1CSC(C2CCCCC2)N1C(=O)c1ccc(C)cc1. The monoisotopic (exact) mass is 416 g/mol. The molecule has 1 heterocycles. The largest absolute Gasteiger partial charge is 0.354 e. The number of nitrogens with one attached hydrogen (secondary N) is 1. The lowest BCUT2D eigenvalue weighted by atomic mass is 9.88. The van der Waals surface area contributed by atoms with Crippen LogP contribution in [0.4, 0.5) is 0 Å². The van der Waals surface area contributed by atoms with Crippen LogP contribution in [0.3, 0.4) is 0 Å². The fourth-order valence-corrected chi connectivity index (χ4v) is 6.13. The van der Waals surface area contributed by atoms with Crippen molar-refractivity contribution < 1.29 is 9.59 Å². The van der Waals surface area contributed by atoms with E-state index in [1.807, 2.05) is 47.9 Å². The smallest absolute Gasteiger partial charge is 0.255 e. The zero-order valence-corrected chi connectivity index (χ0v) is 18.8. The molecule has 4 nitrogen and oxygen atoms in total. The van der Waals surface area contributed by atoms with Gasteiger partial charge in [0.15, 0.2) is 0 Å². The Kier molecular flexibility index (Phi) is 8.46. The van der Waals surface area contributed by atoms with E-state index in [2.05, 4.69) is 12.2 Å². The fraction of sp³-hybridized carbons (Fsp3) is 0.667. The van der Waals surface area contributed by atoms with Crippen molar-refractivity contribution in [3.8, 4) is 0 Å². The van der Waals surface area contributed by atoms with Gasteiger partial charge in [0.1, 0.15) is 6.04 Å². The van der Waals surface area contributed by atoms with Crippen molar-refractivity contribution >= 4 is 23.6 Å². The molecule has 2 fully saturated rings. The number of benzene rings is 1. The average Bonchev–Trinajstić information content (AvgIpc) is 3.19. The van der Waals surface area contributed by atoms with Gasteiger partial charge in [-0.05, 0) is 44.2 Å². The topological polar surface area (TPSA) is 49.4 Å². The molecule has 1 N–H and O–H groups in total. The van der Waals surface area contributed by atoms with Crippen LogP contribution in [0.5, 0.6) is 0 Å². The van der Waals surface area contributed by atoms with Gasteiger partial charge in [-0.1, -0.05) is 63.1 Å². The van der Waals surface area contributed by atoms with E-state index in [1.54, 1.807) is 0 Å². The third-order valence-corrected chi connectivity index (χ3v) is 7.71. The second kappa shape index (κ2) is 11.1. The first-order valence-electron chi connectivity index (χ1n) is 11.4. The van der Waals surface area contributed by atoms with Gasteiger partial charge in [-0.3, -0.25) is 9.59 Å². The van der Waals surface area contributed by atoms with Crippen LogP contribution in [0.15, 0.2) is 24.3 Å². The Morgan fingerprint density at radius 2 is 1.79 bits per heavy atom. The highest BCUT2D eigenvalue weighted by Gasteiger charge is 2.45. The van der Waals surface area contributed by atoms with Gasteiger partial charge in [0.25, 0.3) is 5.91 Å². The summed E-state index contributed by atoms with van der Waals surface area (Å²) in [5, 5.41) is 3.23. The number of aryl methyl sites for hydroxylation is 1. The van der Waals surface area contributed by atoms with E-state index >= 15 is 0 Å². The van der Waals surface area contributed by atoms with Gasteiger partial charge in [0.2, 0.25) is 5.91 Å². The Balaban J connectivity index is 1.72. The minimum absolute atomic E-state index is 0.0108. The van der Waals surface area contributed by atoms with Crippen LogP contribution in [0.25, 0.3) is 0 Å². The summed E-state index contributed by atoms with van der Waals surface area (Å²) in [4.78, 5) is 28.4. The molecule has 1 saturated heterocycles. The lowest BCUT2D eigenvalue weighted by Crippen LogP contribution is -2.51. The van der Waals surface area contributed by atoms with Crippen molar-refractivity contribution in [1.29, 1.82) is 0 Å². The third kappa shape index (κ3) is 5.78. The number of hydrogen-bond acceptors (Lipinski definition) is 3. The maximum absolute atomic E-state index is 13.5. The molecule has 0 spiro atoms. The Labute approximate surface area is 180 Å². The van der Waals surface area contributed by atoms with E-state index in [0.29, 0.717) is 23.8 Å². The highest BCUT2D eigenvalue weighted by Crippen LogP contribution is 2.41. The molecule has 0 radical (unpaired) electrons. The molecule has 5 heteroatoms. The summed E-state index contributed by atoms with van der Waals surface area (Å²) in [5.74, 6) is 1.24. The minimum Gasteiger partial charge on any atom is -0.354 e. The van der Waals surface area contributed by atoms with Gasteiger partial charge >= 0.3 is 0 Å². The number of rotatable bonds is 8. The van der Waals surface area contributed by atoms with Crippen LogP contribution in [-0.2, 0) is 4.79 Å². The first-order valence-corrected chi connectivity index (χ1v) is 12.5. The molecule has 2 unspecified atom stereocenters. The minimum atomic E-state index is -0.355. The molecule has 2 aliphatic rings. The summed E-state index contributed by atoms with van der Waals surface area (Å²) >= 11 is 1.81. The predicted molar refractivity (Wildman–Crippen MR) is 121 cm³/mol. The van der Waals surface area contributed by atoms with Crippen LogP contribution in [0, 0.1) is 12.8 Å². The molecule has 1 aliphatic carbocycles. The molecule has 1 aromatic rings. The van der Waals surface area contributed by atoms with Crippen molar-refractivity contribution in [2.24, 2.45) is 5.92 Å². The average molecular weight is 417 g/mol. The molecule has 29 heavy (non-hydrogen) atoms. The van der Waals surface area contributed by atoms with Crippen molar-refractivity contribution in [1.82, 2.24) is 10.2 Å². The van der Waals surface area contributed by atoms with Gasteiger partial charge in [0, 0.05) is 17.9 Å². The lowest BCUT2D eigenvalue weighted by Gasteiger charge is -2.35. The zero-order chi connectivity index (χ0) is 20.6. The number of nitrogens with zero attached hydrogens (tertiary/aromatic N) is 1. The maximum Gasteiger partial charge on any atom is 0.255 e. The van der Waals surface area contributed by atoms with Crippen LogP contribution >= 0.6 is 11.8 Å². The van der Waals surface area contributed by atoms with Crippen LogP contribution in [0.1, 0.15) is 80.6 Å². The third-order valence-electron chi connectivity index (χ3n) is 6.25. The molecule has 0 bridgehead atoms. The fourth-order valence-electron chi connectivity index (χ4n) is 4.50. The standard InChI is InChI=1S/C24H36N2O2S/c1-3-4-5-9-16-25-22(27)21-17-29-24(20-10-7-6-8-11-20)26(21)23(28)19-14-12-18(2)13-15-19/h12-15,20-21,24H,3-11,16-17H2,1-2H3,(H,25,27).